The van der Waals surface area contributed by atoms with E-state index in [9.17, 15) is 22.4 Å². The molecule has 0 unspecified atom stereocenters. The van der Waals surface area contributed by atoms with Crippen LogP contribution in [0.25, 0.3) is 10.9 Å². The largest absolute Gasteiger partial charge is 0.461 e. The van der Waals surface area contributed by atoms with Crippen LogP contribution in [0.2, 0.25) is 5.15 Å². The number of carbonyl (C=O) groups is 1. The number of amides is 1. The lowest BCUT2D eigenvalue weighted by Crippen LogP contribution is -2.50. The van der Waals surface area contributed by atoms with Crippen LogP contribution in [0.5, 0.6) is 6.01 Å². The molecular formula is C25H31ClF4N6O3. The summed E-state index contributed by atoms with van der Waals surface area (Å²) in [7, 11) is 0. The molecule has 2 aromatic heterocycles. The van der Waals surface area contributed by atoms with Gasteiger partial charge in [0, 0.05) is 45.3 Å². The number of anilines is 1. The third kappa shape index (κ3) is 5.65. The number of alkyl halides is 4. The average molecular weight is 575 g/mol. The van der Waals surface area contributed by atoms with Gasteiger partial charge in [0.2, 0.25) is 0 Å². The minimum atomic E-state index is -4.82. The highest BCUT2D eigenvalue weighted by atomic mass is 35.5. The van der Waals surface area contributed by atoms with Gasteiger partial charge in [-0.3, -0.25) is 4.90 Å². The molecule has 214 valence electrons. The zero-order valence-electron chi connectivity index (χ0n) is 22.0. The summed E-state index contributed by atoms with van der Waals surface area (Å²) >= 11 is 5.90. The van der Waals surface area contributed by atoms with E-state index in [0.717, 1.165) is 19.4 Å². The van der Waals surface area contributed by atoms with E-state index in [1.54, 1.807) is 30.6 Å². The number of pyridine rings is 1. The second kappa shape index (κ2) is 10.1. The Labute approximate surface area is 228 Å². The lowest BCUT2D eigenvalue weighted by molar-refractivity contribution is -0.136. The highest BCUT2D eigenvalue weighted by molar-refractivity contribution is 6.31. The van der Waals surface area contributed by atoms with Crippen molar-refractivity contribution in [1.29, 1.82) is 0 Å². The number of rotatable bonds is 4. The normalized spacial score (nSPS) is 24.4. The molecule has 0 aliphatic carbocycles. The highest BCUT2D eigenvalue weighted by Crippen LogP contribution is 2.42. The summed E-state index contributed by atoms with van der Waals surface area (Å²) in [6.45, 7) is 7.57. The van der Waals surface area contributed by atoms with Crippen LogP contribution in [0.15, 0.2) is 6.20 Å². The fourth-order valence-corrected chi connectivity index (χ4v) is 5.91. The first-order valence-electron chi connectivity index (χ1n) is 12.9. The molecule has 1 amide bonds. The predicted octanol–water partition coefficient (Wildman–Crippen LogP) is 4.71. The molecule has 9 nitrogen and oxygen atoms in total. The number of fused-ring (bicyclic) bond motifs is 2. The van der Waals surface area contributed by atoms with Gasteiger partial charge in [0.15, 0.2) is 0 Å². The van der Waals surface area contributed by atoms with E-state index in [1.165, 1.54) is 6.20 Å². The van der Waals surface area contributed by atoms with Crippen molar-refractivity contribution < 1.29 is 31.8 Å². The van der Waals surface area contributed by atoms with E-state index < -0.39 is 45.8 Å². The molecule has 3 aliphatic heterocycles. The van der Waals surface area contributed by atoms with E-state index in [-0.39, 0.29) is 50.0 Å². The zero-order chi connectivity index (χ0) is 28.2. The number of carbonyl (C=O) groups excluding carboxylic acids is 1. The number of aromatic nitrogens is 3. The van der Waals surface area contributed by atoms with Crippen LogP contribution in [0.1, 0.15) is 45.6 Å². The number of hydrogen-bond donors (Lipinski definition) is 0. The van der Waals surface area contributed by atoms with E-state index in [2.05, 4.69) is 15.0 Å². The van der Waals surface area contributed by atoms with E-state index in [0.29, 0.717) is 13.0 Å². The van der Waals surface area contributed by atoms with Gasteiger partial charge in [0.25, 0.3) is 0 Å². The van der Waals surface area contributed by atoms with Crippen LogP contribution in [0.4, 0.5) is 28.2 Å². The Kier molecular flexibility index (Phi) is 7.19. The molecule has 3 saturated heterocycles. The molecule has 0 spiro atoms. The molecule has 14 heteroatoms. The minimum Gasteiger partial charge on any atom is -0.461 e. The Morgan fingerprint density at radius 2 is 1.87 bits per heavy atom. The maximum Gasteiger partial charge on any atom is 0.421 e. The SMILES string of the molecule is CC(C)(C)OC(=O)N1CCN(c2nc(OC[C@@]34CCCN3C[C@H](F)C4)nc3c(C(F)(F)F)c(Cl)ncc23)CC1. The summed E-state index contributed by atoms with van der Waals surface area (Å²) in [5.74, 6) is 0.198. The first kappa shape index (κ1) is 27.9. The number of nitrogens with zero attached hydrogens (tertiary/aromatic N) is 6. The van der Waals surface area contributed by atoms with Crippen molar-refractivity contribution in [3.8, 4) is 6.01 Å². The molecule has 0 bridgehead atoms. The lowest BCUT2D eigenvalue weighted by atomic mass is 9.95. The summed E-state index contributed by atoms with van der Waals surface area (Å²) in [5.41, 5.74) is -2.78. The summed E-state index contributed by atoms with van der Waals surface area (Å²) in [5, 5.41) is -0.660. The number of ether oxygens (including phenoxy) is 2. The van der Waals surface area contributed by atoms with Gasteiger partial charge in [-0.25, -0.2) is 14.2 Å². The second-order valence-electron chi connectivity index (χ2n) is 11.3. The number of halogens is 5. The first-order chi connectivity index (χ1) is 18.3. The van der Waals surface area contributed by atoms with Gasteiger partial charge in [-0.2, -0.15) is 23.1 Å². The summed E-state index contributed by atoms with van der Waals surface area (Å²) < 4.78 is 67.8. The van der Waals surface area contributed by atoms with Crippen LogP contribution in [0.3, 0.4) is 0 Å². The van der Waals surface area contributed by atoms with Gasteiger partial charge in [0.05, 0.1) is 16.4 Å². The number of piperazine rings is 1. The van der Waals surface area contributed by atoms with Crippen molar-refractivity contribution in [3.63, 3.8) is 0 Å². The van der Waals surface area contributed by atoms with Crippen LogP contribution in [0, 0.1) is 0 Å². The van der Waals surface area contributed by atoms with Crippen molar-refractivity contribution in [2.75, 3.05) is 50.8 Å². The van der Waals surface area contributed by atoms with Gasteiger partial charge in [0.1, 0.15) is 34.9 Å². The summed E-state index contributed by atoms with van der Waals surface area (Å²) in [6, 6.07) is -0.247. The lowest BCUT2D eigenvalue weighted by Gasteiger charge is -2.36. The highest BCUT2D eigenvalue weighted by Gasteiger charge is 2.49. The Morgan fingerprint density at radius 1 is 1.15 bits per heavy atom. The van der Waals surface area contributed by atoms with Gasteiger partial charge in [-0.15, -0.1) is 0 Å². The molecule has 5 rings (SSSR count). The maximum atomic E-state index is 14.2. The van der Waals surface area contributed by atoms with E-state index >= 15 is 0 Å². The van der Waals surface area contributed by atoms with Crippen LogP contribution in [-0.2, 0) is 10.9 Å². The van der Waals surface area contributed by atoms with Crippen molar-refractivity contribution in [1.82, 2.24) is 24.8 Å². The average Bonchev–Trinajstić information content (AvgIpc) is 3.36. The topological polar surface area (TPSA) is 83.9 Å². The van der Waals surface area contributed by atoms with Crippen molar-refractivity contribution in [3.05, 3.63) is 16.9 Å². The van der Waals surface area contributed by atoms with Gasteiger partial charge in [-0.05, 0) is 40.2 Å². The Balaban J connectivity index is 1.46. The smallest absolute Gasteiger partial charge is 0.421 e. The van der Waals surface area contributed by atoms with E-state index in [4.69, 9.17) is 21.1 Å². The zero-order valence-corrected chi connectivity index (χ0v) is 22.8. The van der Waals surface area contributed by atoms with Crippen molar-refractivity contribution >= 4 is 34.4 Å². The van der Waals surface area contributed by atoms with Crippen LogP contribution >= 0.6 is 11.6 Å². The third-order valence-electron chi connectivity index (χ3n) is 7.40. The monoisotopic (exact) mass is 574 g/mol. The second-order valence-corrected chi connectivity index (χ2v) is 11.7. The standard InChI is InChI=1S/C25H31ClF4N6O3/c1-23(2,3)39-22(37)35-9-7-34(8-10-35)20-16-12-31-19(26)17(25(28,29)30)18(16)32-21(33-20)38-14-24-5-4-6-36(24)13-15(27)11-24/h12,15H,4-11,13-14H2,1-3H3/t15-,24+/m1/s1. The van der Waals surface area contributed by atoms with Crippen molar-refractivity contribution in [2.45, 2.75) is 63.5 Å². The minimum absolute atomic E-state index is 0.0605. The molecule has 0 radical (unpaired) electrons. The summed E-state index contributed by atoms with van der Waals surface area (Å²) in [4.78, 5) is 30.2. The van der Waals surface area contributed by atoms with Gasteiger partial charge >= 0.3 is 18.3 Å². The Morgan fingerprint density at radius 3 is 2.54 bits per heavy atom. The first-order valence-corrected chi connectivity index (χ1v) is 13.3. The van der Waals surface area contributed by atoms with E-state index in [1.807, 2.05) is 4.90 Å². The maximum absolute atomic E-state index is 14.2. The molecule has 3 aliphatic rings. The Hall–Kier alpha value is -2.67. The number of hydrogen-bond acceptors (Lipinski definition) is 8. The van der Waals surface area contributed by atoms with Crippen LogP contribution in [-0.4, -0.2) is 94.0 Å². The molecule has 0 N–H and O–H groups in total. The molecule has 2 atom stereocenters. The molecular weight excluding hydrogens is 544 g/mol. The fraction of sp³-hybridized carbons (Fsp3) is 0.680. The van der Waals surface area contributed by atoms with Gasteiger partial charge in [-0.1, -0.05) is 11.6 Å². The summed E-state index contributed by atoms with van der Waals surface area (Å²) in [6.07, 6.45) is -3.14. The molecule has 0 saturated carbocycles. The molecule has 3 fully saturated rings. The Bertz CT molecular complexity index is 1250. The molecule has 2 aromatic rings. The molecule has 0 aromatic carbocycles. The molecule has 39 heavy (non-hydrogen) atoms. The quantitative estimate of drug-likeness (QED) is 0.384. The van der Waals surface area contributed by atoms with Crippen LogP contribution < -0.4 is 9.64 Å². The predicted molar refractivity (Wildman–Crippen MR) is 136 cm³/mol. The third-order valence-corrected chi connectivity index (χ3v) is 7.69. The molecule has 5 heterocycles. The van der Waals surface area contributed by atoms with Gasteiger partial charge < -0.3 is 19.3 Å². The van der Waals surface area contributed by atoms with Crippen molar-refractivity contribution in [2.24, 2.45) is 0 Å². The fourth-order valence-electron chi connectivity index (χ4n) is 5.66.